The quantitative estimate of drug-likeness (QED) is 0.755. The molecular weight excluding hydrogens is 176 g/mol. The topological polar surface area (TPSA) is 42.7 Å². The first-order valence-electron chi connectivity index (χ1n) is 5.40. The zero-order valence-electron chi connectivity index (χ0n) is 8.74. The molecule has 2 heterocycles. The lowest BCUT2D eigenvalue weighted by molar-refractivity contribution is 0.457. The van der Waals surface area contributed by atoms with Crippen molar-refractivity contribution in [3.63, 3.8) is 0 Å². The molecule has 4 nitrogen and oxygen atoms in total. The van der Waals surface area contributed by atoms with Crippen LogP contribution in [0.5, 0.6) is 0 Å². The minimum absolute atomic E-state index is 0.736. The van der Waals surface area contributed by atoms with E-state index >= 15 is 0 Å². The van der Waals surface area contributed by atoms with E-state index in [1.807, 2.05) is 11.7 Å². The largest absolute Gasteiger partial charge is 0.316 e. The van der Waals surface area contributed by atoms with Crippen LogP contribution in [0.15, 0.2) is 6.33 Å². The highest BCUT2D eigenvalue weighted by Gasteiger charge is 2.14. The van der Waals surface area contributed by atoms with Crippen molar-refractivity contribution in [1.29, 1.82) is 0 Å². The fourth-order valence-corrected chi connectivity index (χ4v) is 2.03. The third-order valence-electron chi connectivity index (χ3n) is 2.93. The van der Waals surface area contributed by atoms with Gasteiger partial charge in [-0.3, -0.25) is 4.68 Å². The Balaban J connectivity index is 1.92. The van der Waals surface area contributed by atoms with Crippen LogP contribution >= 0.6 is 0 Å². The van der Waals surface area contributed by atoms with E-state index in [4.69, 9.17) is 0 Å². The summed E-state index contributed by atoms with van der Waals surface area (Å²) in [6, 6.07) is 0. The van der Waals surface area contributed by atoms with Crippen molar-refractivity contribution < 1.29 is 0 Å². The molecule has 0 radical (unpaired) electrons. The summed E-state index contributed by atoms with van der Waals surface area (Å²) in [5.41, 5.74) is 0. The SMILES string of the molecule is Cn1ncnc1CC1CCCCNC1. The smallest absolute Gasteiger partial charge is 0.138 e. The number of hydrogen-bond donors (Lipinski definition) is 1. The van der Waals surface area contributed by atoms with Gasteiger partial charge >= 0.3 is 0 Å². The Labute approximate surface area is 84.7 Å². The summed E-state index contributed by atoms with van der Waals surface area (Å²) in [5.74, 6) is 1.85. The van der Waals surface area contributed by atoms with Crippen LogP contribution in [0.1, 0.15) is 25.1 Å². The van der Waals surface area contributed by atoms with Gasteiger partial charge in [-0.25, -0.2) is 4.98 Å². The molecule has 78 valence electrons. The second-order valence-corrected chi connectivity index (χ2v) is 4.07. The van der Waals surface area contributed by atoms with E-state index in [0.717, 1.165) is 24.7 Å². The Morgan fingerprint density at radius 3 is 3.29 bits per heavy atom. The lowest BCUT2D eigenvalue weighted by atomic mass is 9.99. The highest BCUT2D eigenvalue weighted by molar-refractivity contribution is 4.87. The summed E-state index contributed by atoms with van der Waals surface area (Å²) < 4.78 is 1.88. The van der Waals surface area contributed by atoms with Crippen molar-refractivity contribution >= 4 is 0 Å². The van der Waals surface area contributed by atoms with Crippen LogP contribution < -0.4 is 5.32 Å². The number of nitrogens with one attached hydrogen (secondary N) is 1. The van der Waals surface area contributed by atoms with Crippen LogP contribution in [0.4, 0.5) is 0 Å². The van der Waals surface area contributed by atoms with E-state index in [1.165, 1.54) is 25.8 Å². The second-order valence-electron chi connectivity index (χ2n) is 4.07. The van der Waals surface area contributed by atoms with E-state index in [2.05, 4.69) is 15.4 Å². The summed E-state index contributed by atoms with van der Waals surface area (Å²) in [5, 5.41) is 7.56. The molecule has 1 aromatic heterocycles. The Kier molecular flexibility index (Phi) is 3.14. The summed E-state index contributed by atoms with van der Waals surface area (Å²) in [7, 11) is 1.96. The average molecular weight is 194 g/mol. The maximum Gasteiger partial charge on any atom is 0.138 e. The van der Waals surface area contributed by atoms with E-state index in [9.17, 15) is 0 Å². The van der Waals surface area contributed by atoms with Gasteiger partial charge < -0.3 is 5.32 Å². The highest BCUT2D eigenvalue weighted by Crippen LogP contribution is 2.15. The van der Waals surface area contributed by atoms with Crippen molar-refractivity contribution in [1.82, 2.24) is 20.1 Å². The van der Waals surface area contributed by atoms with Crippen LogP contribution in [-0.2, 0) is 13.5 Å². The molecule has 14 heavy (non-hydrogen) atoms. The van der Waals surface area contributed by atoms with E-state index in [0.29, 0.717) is 0 Å². The first-order valence-corrected chi connectivity index (χ1v) is 5.40. The molecular formula is C10H18N4. The highest BCUT2D eigenvalue weighted by atomic mass is 15.3. The van der Waals surface area contributed by atoms with Crippen molar-refractivity contribution in [3.8, 4) is 0 Å². The second kappa shape index (κ2) is 4.55. The first kappa shape index (κ1) is 9.65. The molecule has 1 aliphatic heterocycles. The molecule has 1 aliphatic rings. The van der Waals surface area contributed by atoms with Gasteiger partial charge in [-0.1, -0.05) is 6.42 Å². The summed E-state index contributed by atoms with van der Waals surface area (Å²) in [6.45, 7) is 2.31. The normalized spacial score (nSPS) is 23.4. The van der Waals surface area contributed by atoms with Gasteiger partial charge in [0.2, 0.25) is 0 Å². The minimum Gasteiger partial charge on any atom is -0.316 e. The van der Waals surface area contributed by atoms with E-state index in [-0.39, 0.29) is 0 Å². The third kappa shape index (κ3) is 2.32. The maximum atomic E-state index is 4.26. The van der Waals surface area contributed by atoms with Gasteiger partial charge in [0.25, 0.3) is 0 Å². The lowest BCUT2D eigenvalue weighted by Crippen LogP contribution is -2.23. The van der Waals surface area contributed by atoms with Gasteiger partial charge in [0.05, 0.1) is 0 Å². The molecule has 1 aromatic rings. The standard InChI is InChI=1S/C10H18N4/c1-14-10(12-8-13-14)6-9-4-2-3-5-11-7-9/h8-9,11H,2-7H2,1H3. The molecule has 0 spiro atoms. The molecule has 0 bridgehead atoms. The average Bonchev–Trinajstić information content (AvgIpc) is 2.44. The molecule has 1 saturated heterocycles. The molecule has 1 N–H and O–H groups in total. The Bertz CT molecular complexity index is 273. The Hall–Kier alpha value is -0.900. The molecule has 4 heteroatoms. The predicted molar refractivity (Wildman–Crippen MR) is 54.9 cm³/mol. The van der Waals surface area contributed by atoms with Crippen molar-refractivity contribution in [2.75, 3.05) is 13.1 Å². The summed E-state index contributed by atoms with van der Waals surface area (Å²) >= 11 is 0. The zero-order valence-corrected chi connectivity index (χ0v) is 8.74. The van der Waals surface area contributed by atoms with Gasteiger partial charge in [-0.15, -0.1) is 0 Å². The van der Waals surface area contributed by atoms with Gasteiger partial charge in [0.1, 0.15) is 12.2 Å². The summed E-state index contributed by atoms with van der Waals surface area (Å²) in [4.78, 5) is 4.26. The molecule has 1 unspecified atom stereocenters. The Morgan fingerprint density at radius 1 is 1.57 bits per heavy atom. The molecule has 2 rings (SSSR count). The third-order valence-corrected chi connectivity index (χ3v) is 2.93. The summed E-state index contributed by atoms with van der Waals surface area (Å²) in [6.07, 6.45) is 6.67. The van der Waals surface area contributed by atoms with Crippen LogP contribution in [0, 0.1) is 5.92 Å². The minimum atomic E-state index is 0.736. The zero-order chi connectivity index (χ0) is 9.80. The Morgan fingerprint density at radius 2 is 2.50 bits per heavy atom. The van der Waals surface area contributed by atoms with Gasteiger partial charge in [0, 0.05) is 13.5 Å². The lowest BCUT2D eigenvalue weighted by Gasteiger charge is -2.12. The number of nitrogens with zero attached hydrogens (tertiary/aromatic N) is 3. The molecule has 1 fully saturated rings. The van der Waals surface area contributed by atoms with Crippen LogP contribution in [0.2, 0.25) is 0 Å². The first-order chi connectivity index (χ1) is 6.86. The van der Waals surface area contributed by atoms with Gasteiger partial charge in [0.15, 0.2) is 0 Å². The number of aryl methyl sites for hydroxylation is 1. The van der Waals surface area contributed by atoms with E-state index in [1.54, 1.807) is 6.33 Å². The molecule has 0 aromatic carbocycles. The monoisotopic (exact) mass is 194 g/mol. The van der Waals surface area contributed by atoms with Crippen molar-refractivity contribution in [2.45, 2.75) is 25.7 Å². The number of rotatable bonds is 2. The number of aromatic nitrogens is 3. The van der Waals surface area contributed by atoms with Crippen LogP contribution in [0.25, 0.3) is 0 Å². The van der Waals surface area contributed by atoms with Gasteiger partial charge in [-0.2, -0.15) is 5.10 Å². The fourth-order valence-electron chi connectivity index (χ4n) is 2.03. The predicted octanol–water partition coefficient (Wildman–Crippen LogP) is 0.747. The molecule has 1 atom stereocenters. The van der Waals surface area contributed by atoms with Crippen molar-refractivity contribution in [2.24, 2.45) is 13.0 Å². The molecule has 0 saturated carbocycles. The van der Waals surface area contributed by atoms with Crippen molar-refractivity contribution in [3.05, 3.63) is 12.2 Å². The fraction of sp³-hybridized carbons (Fsp3) is 0.800. The van der Waals surface area contributed by atoms with Crippen LogP contribution in [0.3, 0.4) is 0 Å². The molecule has 0 amide bonds. The van der Waals surface area contributed by atoms with E-state index < -0.39 is 0 Å². The maximum absolute atomic E-state index is 4.26. The molecule has 0 aliphatic carbocycles. The van der Waals surface area contributed by atoms with Crippen LogP contribution in [-0.4, -0.2) is 27.9 Å². The van der Waals surface area contributed by atoms with Gasteiger partial charge in [-0.05, 0) is 31.8 Å². The number of hydrogen-bond acceptors (Lipinski definition) is 3.